The lowest BCUT2D eigenvalue weighted by Gasteiger charge is -2.38. The summed E-state index contributed by atoms with van der Waals surface area (Å²) >= 11 is 0. The van der Waals surface area contributed by atoms with Gasteiger partial charge in [-0.1, -0.05) is 30.7 Å². The van der Waals surface area contributed by atoms with Crippen LogP contribution < -0.4 is 5.56 Å². The number of nitrogens with zero attached hydrogens (tertiary/aromatic N) is 6. The maximum absolute atomic E-state index is 13.5. The van der Waals surface area contributed by atoms with Crippen molar-refractivity contribution in [2.24, 2.45) is 0 Å². The van der Waals surface area contributed by atoms with Crippen LogP contribution in [0.3, 0.4) is 0 Å². The van der Waals surface area contributed by atoms with Crippen molar-refractivity contribution >= 4 is 10.9 Å². The van der Waals surface area contributed by atoms with Crippen LogP contribution in [0.5, 0.6) is 0 Å². The molecular weight excluding hydrogens is 457 g/mol. The smallest absolute Gasteiger partial charge is 0.253 e. The fourth-order valence-corrected chi connectivity index (χ4v) is 5.25. The number of pyridine rings is 1. The van der Waals surface area contributed by atoms with Crippen molar-refractivity contribution in [1.82, 2.24) is 35.0 Å². The molecule has 0 radical (unpaired) electrons. The third kappa shape index (κ3) is 4.94. The zero-order valence-corrected chi connectivity index (χ0v) is 21.0. The second kappa shape index (κ2) is 10.3. The van der Waals surface area contributed by atoms with Crippen LogP contribution in [0.15, 0.2) is 47.3 Å². The third-order valence-corrected chi connectivity index (χ3v) is 6.98. The summed E-state index contributed by atoms with van der Waals surface area (Å²) in [4.78, 5) is 21.4. The number of aromatic nitrogens is 5. The summed E-state index contributed by atoms with van der Waals surface area (Å²) in [6.07, 6.45) is 1.11. The minimum absolute atomic E-state index is 0.133. The van der Waals surface area contributed by atoms with Crippen molar-refractivity contribution in [3.05, 3.63) is 86.7 Å². The number of aryl methyl sites for hydroxylation is 2. The van der Waals surface area contributed by atoms with Crippen LogP contribution in [0.1, 0.15) is 47.5 Å². The number of rotatable bonds is 7. The van der Waals surface area contributed by atoms with E-state index in [1.165, 1.54) is 12.1 Å². The molecule has 1 aliphatic rings. The summed E-state index contributed by atoms with van der Waals surface area (Å²) in [7, 11) is 0. The van der Waals surface area contributed by atoms with E-state index in [0.29, 0.717) is 17.9 Å². The van der Waals surface area contributed by atoms with Crippen LogP contribution in [0, 0.1) is 19.7 Å². The maximum Gasteiger partial charge on any atom is 0.253 e. The first-order valence-corrected chi connectivity index (χ1v) is 12.5. The average Bonchev–Trinajstić information content (AvgIpc) is 3.30. The lowest BCUT2D eigenvalue weighted by Crippen LogP contribution is -2.49. The number of halogens is 1. The summed E-state index contributed by atoms with van der Waals surface area (Å²) in [6, 6.07) is 12.1. The van der Waals surface area contributed by atoms with Crippen molar-refractivity contribution < 1.29 is 4.39 Å². The van der Waals surface area contributed by atoms with Gasteiger partial charge in [0.05, 0.1) is 12.1 Å². The average molecular weight is 490 g/mol. The lowest BCUT2D eigenvalue weighted by atomic mass is 10.00. The molecule has 3 heterocycles. The van der Waals surface area contributed by atoms with Crippen molar-refractivity contribution in [1.29, 1.82) is 0 Å². The van der Waals surface area contributed by atoms with Crippen LogP contribution in [0.4, 0.5) is 4.39 Å². The van der Waals surface area contributed by atoms with Gasteiger partial charge in [-0.15, -0.1) is 5.10 Å². The normalized spacial score (nSPS) is 16.0. The molecule has 1 aliphatic heterocycles. The van der Waals surface area contributed by atoms with Crippen LogP contribution in [0.2, 0.25) is 0 Å². The molecule has 4 aromatic rings. The quantitative estimate of drug-likeness (QED) is 0.428. The van der Waals surface area contributed by atoms with Crippen LogP contribution in [-0.2, 0) is 6.54 Å². The zero-order valence-electron chi connectivity index (χ0n) is 21.0. The first kappa shape index (κ1) is 24.3. The third-order valence-electron chi connectivity index (χ3n) is 6.98. The zero-order chi connectivity index (χ0) is 25.2. The van der Waals surface area contributed by atoms with Crippen molar-refractivity contribution in [3.63, 3.8) is 0 Å². The molecule has 2 aromatic heterocycles. The number of hydrogen-bond acceptors (Lipinski definition) is 6. The predicted molar refractivity (Wildman–Crippen MR) is 138 cm³/mol. The molecule has 188 valence electrons. The largest absolute Gasteiger partial charge is 0.321 e. The highest BCUT2D eigenvalue weighted by Gasteiger charge is 2.32. The van der Waals surface area contributed by atoms with E-state index >= 15 is 0 Å². The number of nitrogens with one attached hydrogen (secondary N) is 1. The number of fused-ring (bicyclic) bond motifs is 1. The van der Waals surface area contributed by atoms with E-state index in [0.717, 1.165) is 66.7 Å². The Labute approximate surface area is 209 Å². The van der Waals surface area contributed by atoms with E-state index < -0.39 is 6.04 Å². The highest BCUT2D eigenvalue weighted by molar-refractivity contribution is 5.83. The number of H-pyrrole nitrogens is 1. The summed E-state index contributed by atoms with van der Waals surface area (Å²) in [5.41, 5.74) is 4.42. The Bertz CT molecular complexity index is 1400. The Morgan fingerprint density at radius 2 is 1.81 bits per heavy atom. The first-order chi connectivity index (χ1) is 17.4. The maximum atomic E-state index is 13.5. The molecule has 1 atom stereocenters. The van der Waals surface area contributed by atoms with E-state index in [-0.39, 0.29) is 11.4 Å². The molecule has 1 saturated heterocycles. The fourth-order valence-electron chi connectivity index (χ4n) is 5.25. The Hall–Kier alpha value is -3.43. The van der Waals surface area contributed by atoms with Gasteiger partial charge in [0.15, 0.2) is 5.82 Å². The van der Waals surface area contributed by atoms with E-state index in [4.69, 9.17) is 0 Å². The molecule has 0 spiro atoms. The van der Waals surface area contributed by atoms with E-state index in [9.17, 15) is 9.18 Å². The molecule has 36 heavy (non-hydrogen) atoms. The van der Waals surface area contributed by atoms with E-state index in [1.807, 2.05) is 13.0 Å². The molecule has 5 rings (SSSR count). The van der Waals surface area contributed by atoms with Gasteiger partial charge in [0.2, 0.25) is 0 Å². The molecule has 0 aliphatic carbocycles. The van der Waals surface area contributed by atoms with Gasteiger partial charge in [0, 0.05) is 31.7 Å². The van der Waals surface area contributed by atoms with Gasteiger partial charge in [0.1, 0.15) is 11.9 Å². The predicted octanol–water partition coefficient (Wildman–Crippen LogP) is 3.44. The lowest BCUT2D eigenvalue weighted by molar-refractivity contribution is 0.104. The number of hydrogen-bond donors (Lipinski definition) is 1. The minimum Gasteiger partial charge on any atom is -0.321 e. The molecule has 1 N–H and O–H groups in total. The SMILES string of the molecule is CCCN1CCN([C@@H](c2cc3cc(C)cc(C)c3[nH]c2=O)c2nnnn2Cc2ccc(F)cc2)CC1. The summed E-state index contributed by atoms with van der Waals surface area (Å²) in [6.45, 7) is 11.2. The standard InChI is InChI=1S/C27H32FN7O/c1-4-9-33-10-12-34(13-11-33)25(23-16-21-15-18(2)14-19(3)24(21)29-27(23)36)26-30-31-32-35(26)17-20-5-7-22(28)8-6-20/h5-8,14-16,25H,4,9-13,17H2,1-3H3,(H,29,36)/t25-/m0/s1. The Kier molecular flexibility index (Phi) is 6.93. The topological polar surface area (TPSA) is 82.9 Å². The molecular formula is C27H32FN7O. The minimum atomic E-state index is -0.404. The monoisotopic (exact) mass is 489 g/mol. The van der Waals surface area contributed by atoms with Gasteiger partial charge in [-0.3, -0.25) is 9.69 Å². The highest BCUT2D eigenvalue weighted by Crippen LogP contribution is 2.29. The highest BCUT2D eigenvalue weighted by atomic mass is 19.1. The fraction of sp³-hybridized carbons (Fsp3) is 0.407. The van der Waals surface area contributed by atoms with Gasteiger partial charge in [-0.25, -0.2) is 9.07 Å². The first-order valence-electron chi connectivity index (χ1n) is 12.5. The van der Waals surface area contributed by atoms with Crippen LogP contribution >= 0.6 is 0 Å². The molecule has 0 amide bonds. The van der Waals surface area contributed by atoms with Crippen molar-refractivity contribution in [3.8, 4) is 0 Å². The van der Waals surface area contributed by atoms with E-state index in [2.05, 4.69) is 56.3 Å². The van der Waals surface area contributed by atoms with Gasteiger partial charge in [-0.2, -0.15) is 0 Å². The Morgan fingerprint density at radius 3 is 2.53 bits per heavy atom. The van der Waals surface area contributed by atoms with Crippen LogP contribution in [0.25, 0.3) is 10.9 Å². The van der Waals surface area contributed by atoms with Gasteiger partial charge >= 0.3 is 0 Å². The van der Waals surface area contributed by atoms with Gasteiger partial charge in [-0.05, 0) is 78.0 Å². The second-order valence-corrected chi connectivity index (χ2v) is 9.70. The molecule has 1 fully saturated rings. The molecule has 0 unspecified atom stereocenters. The number of piperazine rings is 1. The molecule has 9 heteroatoms. The Morgan fingerprint density at radius 1 is 1.06 bits per heavy atom. The Balaban J connectivity index is 1.58. The molecule has 8 nitrogen and oxygen atoms in total. The summed E-state index contributed by atoms with van der Waals surface area (Å²) in [5.74, 6) is 0.323. The van der Waals surface area contributed by atoms with Crippen molar-refractivity contribution in [2.75, 3.05) is 32.7 Å². The molecule has 0 bridgehead atoms. The summed E-state index contributed by atoms with van der Waals surface area (Å²) in [5, 5.41) is 13.6. The summed E-state index contributed by atoms with van der Waals surface area (Å²) < 4.78 is 15.2. The molecule has 0 saturated carbocycles. The van der Waals surface area contributed by atoms with E-state index in [1.54, 1.807) is 16.8 Å². The molecule has 2 aromatic carbocycles. The van der Waals surface area contributed by atoms with Gasteiger partial charge in [0.25, 0.3) is 5.56 Å². The number of aromatic amines is 1. The number of benzene rings is 2. The van der Waals surface area contributed by atoms with Crippen LogP contribution in [-0.4, -0.2) is 67.7 Å². The van der Waals surface area contributed by atoms with Crippen molar-refractivity contribution in [2.45, 2.75) is 39.8 Å². The second-order valence-electron chi connectivity index (χ2n) is 9.70. The van der Waals surface area contributed by atoms with Gasteiger partial charge < -0.3 is 9.88 Å². The number of tetrazole rings is 1.